The van der Waals surface area contributed by atoms with Gasteiger partial charge in [-0.25, -0.2) is 8.42 Å². The van der Waals surface area contributed by atoms with Crippen LogP contribution >= 0.6 is 0 Å². The molecule has 0 saturated heterocycles. The summed E-state index contributed by atoms with van der Waals surface area (Å²) < 4.78 is 39.5. The first kappa shape index (κ1) is 26.5. The summed E-state index contributed by atoms with van der Waals surface area (Å²) in [6.07, 6.45) is 3.29. The van der Waals surface area contributed by atoms with Gasteiger partial charge in [0.05, 0.1) is 30.8 Å². The predicted octanol–water partition coefficient (Wildman–Crippen LogP) is 4.88. The summed E-state index contributed by atoms with van der Waals surface area (Å²) in [6.45, 7) is 5.34. The molecule has 0 aliphatic heterocycles. The summed E-state index contributed by atoms with van der Waals surface area (Å²) in [5, 5.41) is 2.99. The topological polar surface area (TPSA) is 84.9 Å². The molecule has 196 valence electrons. The van der Waals surface area contributed by atoms with Crippen molar-refractivity contribution >= 4 is 21.6 Å². The molecule has 0 bridgehead atoms. The van der Waals surface area contributed by atoms with Crippen LogP contribution in [0.3, 0.4) is 0 Å². The number of amides is 1. The zero-order valence-corrected chi connectivity index (χ0v) is 22.8. The van der Waals surface area contributed by atoms with Gasteiger partial charge < -0.3 is 14.8 Å². The first-order valence-corrected chi connectivity index (χ1v) is 13.8. The Hall–Kier alpha value is -3.52. The Bertz CT molecular complexity index is 1400. The number of ether oxygens (including phenoxy) is 2. The van der Waals surface area contributed by atoms with E-state index in [1.54, 1.807) is 18.2 Å². The van der Waals surface area contributed by atoms with Gasteiger partial charge in [-0.05, 0) is 92.1 Å². The fourth-order valence-corrected chi connectivity index (χ4v) is 6.30. The molecule has 0 saturated carbocycles. The van der Waals surface area contributed by atoms with E-state index in [2.05, 4.69) is 17.4 Å². The summed E-state index contributed by atoms with van der Waals surface area (Å²) >= 11 is 0. The summed E-state index contributed by atoms with van der Waals surface area (Å²) in [5.41, 5.74) is 5.92. The Kier molecular flexibility index (Phi) is 7.78. The van der Waals surface area contributed by atoms with E-state index in [0.717, 1.165) is 40.3 Å². The third-order valence-corrected chi connectivity index (χ3v) is 8.49. The van der Waals surface area contributed by atoms with E-state index in [0.29, 0.717) is 17.2 Å². The van der Waals surface area contributed by atoms with Crippen molar-refractivity contribution in [2.24, 2.45) is 0 Å². The van der Waals surface area contributed by atoms with Crippen molar-refractivity contribution in [3.63, 3.8) is 0 Å². The van der Waals surface area contributed by atoms with Crippen LogP contribution in [0.25, 0.3) is 0 Å². The van der Waals surface area contributed by atoms with Crippen LogP contribution < -0.4 is 19.1 Å². The van der Waals surface area contributed by atoms with Crippen molar-refractivity contribution in [2.45, 2.75) is 51.0 Å². The van der Waals surface area contributed by atoms with Gasteiger partial charge in [0.15, 0.2) is 11.5 Å². The first-order chi connectivity index (χ1) is 17.6. The van der Waals surface area contributed by atoms with Crippen LogP contribution in [0.5, 0.6) is 11.5 Å². The van der Waals surface area contributed by atoms with Gasteiger partial charge in [0.1, 0.15) is 6.54 Å². The molecule has 37 heavy (non-hydrogen) atoms. The van der Waals surface area contributed by atoms with Crippen molar-refractivity contribution in [3.8, 4) is 11.5 Å². The van der Waals surface area contributed by atoms with E-state index >= 15 is 0 Å². The largest absolute Gasteiger partial charge is 0.493 e. The lowest BCUT2D eigenvalue weighted by molar-refractivity contribution is -0.120. The van der Waals surface area contributed by atoms with Crippen LogP contribution in [0.4, 0.5) is 5.69 Å². The van der Waals surface area contributed by atoms with Gasteiger partial charge in [0, 0.05) is 6.07 Å². The van der Waals surface area contributed by atoms with Crippen molar-refractivity contribution in [3.05, 3.63) is 82.4 Å². The number of methoxy groups -OCH3 is 2. The van der Waals surface area contributed by atoms with Crippen LogP contribution in [0.1, 0.15) is 47.2 Å². The fraction of sp³-hybridized carbons (Fsp3) is 0.345. The number of hydrogen-bond donors (Lipinski definition) is 1. The van der Waals surface area contributed by atoms with E-state index in [1.807, 2.05) is 32.9 Å². The van der Waals surface area contributed by atoms with Gasteiger partial charge in [-0.1, -0.05) is 24.3 Å². The van der Waals surface area contributed by atoms with E-state index in [-0.39, 0.29) is 17.5 Å². The number of nitrogens with zero attached hydrogens (tertiary/aromatic N) is 1. The summed E-state index contributed by atoms with van der Waals surface area (Å²) in [4.78, 5) is 13.3. The van der Waals surface area contributed by atoms with Crippen LogP contribution in [0, 0.1) is 13.8 Å². The Morgan fingerprint density at radius 2 is 1.59 bits per heavy atom. The second-order valence-electron chi connectivity index (χ2n) is 9.55. The van der Waals surface area contributed by atoms with Gasteiger partial charge >= 0.3 is 0 Å². The first-order valence-electron chi connectivity index (χ1n) is 12.4. The van der Waals surface area contributed by atoms with Crippen LogP contribution in [-0.2, 0) is 27.7 Å². The summed E-state index contributed by atoms with van der Waals surface area (Å²) in [7, 11) is -1.18. The zero-order valence-electron chi connectivity index (χ0n) is 22.0. The average Bonchev–Trinajstić information content (AvgIpc) is 3.34. The van der Waals surface area contributed by atoms with E-state index < -0.39 is 15.9 Å². The van der Waals surface area contributed by atoms with Crippen LogP contribution in [0.15, 0.2) is 59.5 Å². The van der Waals surface area contributed by atoms with Gasteiger partial charge in [0.25, 0.3) is 10.0 Å². The Labute approximate surface area is 219 Å². The molecule has 1 N–H and O–H groups in total. The molecule has 1 aliphatic rings. The summed E-state index contributed by atoms with van der Waals surface area (Å²) in [5.74, 6) is 0.315. The number of sulfonamides is 1. The highest BCUT2D eigenvalue weighted by atomic mass is 32.2. The number of rotatable bonds is 9. The SMILES string of the molecule is COc1ccc(S(=O)(=O)N(CC(=O)NC(C)c2ccc3c(c2)CCC3)c2cc(C)cc(C)c2)cc1OC. The maximum absolute atomic E-state index is 13.9. The van der Waals surface area contributed by atoms with E-state index in [9.17, 15) is 13.2 Å². The monoisotopic (exact) mass is 522 g/mol. The number of fused-ring (bicyclic) bond motifs is 1. The zero-order chi connectivity index (χ0) is 26.7. The lowest BCUT2D eigenvalue weighted by Gasteiger charge is -2.26. The van der Waals surface area contributed by atoms with Gasteiger partial charge in [-0.3, -0.25) is 9.10 Å². The molecule has 0 spiro atoms. The van der Waals surface area contributed by atoms with Crippen molar-refractivity contribution in [1.29, 1.82) is 0 Å². The van der Waals surface area contributed by atoms with Gasteiger partial charge in [-0.2, -0.15) is 0 Å². The normalized spacial score (nSPS) is 13.5. The number of aryl methyl sites for hydroxylation is 4. The number of carbonyl (C=O) groups excluding carboxylic acids is 1. The maximum Gasteiger partial charge on any atom is 0.264 e. The molecule has 3 aromatic rings. The van der Waals surface area contributed by atoms with E-state index in [1.165, 1.54) is 37.5 Å². The number of hydrogen-bond acceptors (Lipinski definition) is 5. The molecule has 0 heterocycles. The molecule has 7 nitrogen and oxygen atoms in total. The predicted molar refractivity (Wildman–Crippen MR) is 145 cm³/mol. The quantitative estimate of drug-likeness (QED) is 0.433. The van der Waals surface area contributed by atoms with Crippen molar-refractivity contribution in [2.75, 3.05) is 25.1 Å². The third-order valence-electron chi connectivity index (χ3n) is 6.72. The summed E-state index contributed by atoms with van der Waals surface area (Å²) in [6, 6.07) is 16.0. The van der Waals surface area contributed by atoms with Crippen molar-refractivity contribution < 1.29 is 22.7 Å². The molecule has 8 heteroatoms. The minimum absolute atomic E-state index is 0.00350. The number of nitrogens with one attached hydrogen (secondary N) is 1. The molecule has 3 aromatic carbocycles. The van der Waals surface area contributed by atoms with Gasteiger partial charge in [0.2, 0.25) is 5.91 Å². The Morgan fingerprint density at radius 1 is 0.919 bits per heavy atom. The van der Waals surface area contributed by atoms with Gasteiger partial charge in [-0.15, -0.1) is 0 Å². The molecule has 0 fully saturated rings. The number of benzene rings is 3. The number of anilines is 1. The van der Waals surface area contributed by atoms with E-state index in [4.69, 9.17) is 9.47 Å². The minimum atomic E-state index is -4.11. The molecule has 1 amide bonds. The molecule has 4 rings (SSSR count). The minimum Gasteiger partial charge on any atom is -0.493 e. The lowest BCUT2D eigenvalue weighted by Crippen LogP contribution is -2.41. The highest BCUT2D eigenvalue weighted by Crippen LogP contribution is 2.33. The molecular weight excluding hydrogens is 488 g/mol. The molecule has 1 unspecified atom stereocenters. The smallest absolute Gasteiger partial charge is 0.264 e. The molecule has 1 atom stereocenters. The Morgan fingerprint density at radius 3 is 2.27 bits per heavy atom. The fourth-order valence-electron chi connectivity index (χ4n) is 4.88. The highest BCUT2D eigenvalue weighted by molar-refractivity contribution is 7.92. The third kappa shape index (κ3) is 5.74. The Balaban J connectivity index is 1.65. The molecule has 1 aliphatic carbocycles. The highest BCUT2D eigenvalue weighted by Gasteiger charge is 2.29. The van der Waals surface area contributed by atoms with Crippen LogP contribution in [0.2, 0.25) is 0 Å². The molecule has 0 aromatic heterocycles. The second kappa shape index (κ2) is 10.8. The lowest BCUT2D eigenvalue weighted by atomic mass is 10.0. The van der Waals surface area contributed by atoms with Crippen LogP contribution in [-0.4, -0.2) is 35.1 Å². The molecular formula is C29H34N2O5S. The standard InChI is InChI=1S/C29H34N2O5S/c1-19-13-20(2)15-25(14-19)31(37(33,34)26-11-12-27(35-4)28(17-26)36-5)18-29(32)30-21(3)23-10-9-22-7-6-8-24(22)16-23/h9-17,21H,6-8,18H2,1-5H3,(H,30,32). The molecule has 0 radical (unpaired) electrons. The average molecular weight is 523 g/mol. The second-order valence-corrected chi connectivity index (χ2v) is 11.4. The number of carbonyl (C=O) groups is 1. The maximum atomic E-state index is 13.9. The van der Waals surface area contributed by atoms with Crippen molar-refractivity contribution in [1.82, 2.24) is 5.32 Å².